The molecule has 116 valence electrons. The van der Waals surface area contributed by atoms with Gasteiger partial charge < -0.3 is 9.64 Å². The second-order valence-corrected chi connectivity index (χ2v) is 6.12. The van der Waals surface area contributed by atoms with E-state index in [4.69, 9.17) is 4.74 Å². The van der Waals surface area contributed by atoms with Crippen LogP contribution in [0.4, 0.5) is 0 Å². The lowest BCUT2D eigenvalue weighted by atomic mass is 10.1. The topological polar surface area (TPSA) is 29.5 Å². The summed E-state index contributed by atoms with van der Waals surface area (Å²) in [5.41, 5.74) is 0. The molecule has 3 heteroatoms. The van der Waals surface area contributed by atoms with Crippen LogP contribution in [0.5, 0.6) is 5.75 Å². The molecule has 0 aromatic heterocycles. The minimum atomic E-state index is -0.462. The summed E-state index contributed by atoms with van der Waals surface area (Å²) in [6, 6.07) is 14.4. The second kappa shape index (κ2) is 6.39. The van der Waals surface area contributed by atoms with E-state index < -0.39 is 6.10 Å². The van der Waals surface area contributed by atoms with Gasteiger partial charge in [-0.1, -0.05) is 49.2 Å². The first kappa shape index (κ1) is 14.9. The van der Waals surface area contributed by atoms with Gasteiger partial charge in [0, 0.05) is 18.5 Å². The standard InChI is InChI=1S/C19H23NO2/c1-14(19(21)20(2)16-10-4-5-11-16)22-18-13-7-9-15-8-3-6-12-17(15)18/h3,6-9,12-14,16H,4-5,10-11H2,1-2H3. The monoisotopic (exact) mass is 297 g/mol. The molecule has 1 aliphatic carbocycles. The van der Waals surface area contributed by atoms with E-state index in [0.717, 1.165) is 29.4 Å². The molecule has 1 atom stereocenters. The number of hydrogen-bond donors (Lipinski definition) is 0. The summed E-state index contributed by atoms with van der Waals surface area (Å²) < 4.78 is 5.98. The van der Waals surface area contributed by atoms with E-state index >= 15 is 0 Å². The van der Waals surface area contributed by atoms with E-state index in [1.807, 2.05) is 49.2 Å². The molecule has 2 aromatic rings. The third kappa shape index (κ3) is 2.94. The predicted molar refractivity (Wildman–Crippen MR) is 89.1 cm³/mol. The molecule has 2 aromatic carbocycles. The van der Waals surface area contributed by atoms with Crippen molar-refractivity contribution in [3.63, 3.8) is 0 Å². The Bertz CT molecular complexity index is 656. The molecule has 0 bridgehead atoms. The van der Waals surface area contributed by atoms with Gasteiger partial charge in [0.1, 0.15) is 5.75 Å². The lowest BCUT2D eigenvalue weighted by molar-refractivity contribution is -0.138. The van der Waals surface area contributed by atoms with Crippen LogP contribution in [0.15, 0.2) is 42.5 Å². The molecule has 0 heterocycles. The van der Waals surface area contributed by atoms with Crippen molar-refractivity contribution in [1.82, 2.24) is 4.90 Å². The molecule has 1 saturated carbocycles. The fraction of sp³-hybridized carbons (Fsp3) is 0.421. The summed E-state index contributed by atoms with van der Waals surface area (Å²) in [6.07, 6.45) is 4.21. The maximum Gasteiger partial charge on any atom is 0.263 e. The highest BCUT2D eigenvalue weighted by atomic mass is 16.5. The Morgan fingerprint density at radius 3 is 2.59 bits per heavy atom. The lowest BCUT2D eigenvalue weighted by Gasteiger charge is -2.27. The highest BCUT2D eigenvalue weighted by molar-refractivity contribution is 5.89. The third-order valence-electron chi connectivity index (χ3n) is 4.62. The summed E-state index contributed by atoms with van der Waals surface area (Å²) in [5.74, 6) is 0.846. The Morgan fingerprint density at radius 1 is 1.14 bits per heavy atom. The molecule has 3 nitrogen and oxygen atoms in total. The molecular weight excluding hydrogens is 274 g/mol. The Kier molecular flexibility index (Phi) is 4.32. The van der Waals surface area contributed by atoms with Gasteiger partial charge in [0.15, 0.2) is 6.10 Å². The molecule has 3 rings (SSSR count). The van der Waals surface area contributed by atoms with Gasteiger partial charge in [0.25, 0.3) is 5.91 Å². The summed E-state index contributed by atoms with van der Waals surface area (Å²) >= 11 is 0. The van der Waals surface area contributed by atoms with Crippen LogP contribution in [0.3, 0.4) is 0 Å². The van der Waals surface area contributed by atoms with Crippen LogP contribution in [0.25, 0.3) is 10.8 Å². The van der Waals surface area contributed by atoms with Crippen molar-refractivity contribution in [2.45, 2.75) is 44.8 Å². The largest absolute Gasteiger partial charge is 0.480 e. The van der Waals surface area contributed by atoms with Crippen molar-refractivity contribution < 1.29 is 9.53 Å². The number of benzene rings is 2. The number of carbonyl (C=O) groups excluding carboxylic acids is 1. The zero-order valence-corrected chi connectivity index (χ0v) is 13.3. The average molecular weight is 297 g/mol. The highest BCUT2D eigenvalue weighted by Crippen LogP contribution is 2.27. The molecule has 1 unspecified atom stereocenters. The second-order valence-electron chi connectivity index (χ2n) is 6.12. The van der Waals surface area contributed by atoms with Crippen LogP contribution in [-0.2, 0) is 4.79 Å². The van der Waals surface area contributed by atoms with Crippen molar-refractivity contribution in [1.29, 1.82) is 0 Å². The van der Waals surface area contributed by atoms with Crippen molar-refractivity contribution in [2.75, 3.05) is 7.05 Å². The first-order valence-electron chi connectivity index (χ1n) is 8.08. The number of likely N-dealkylation sites (N-methyl/N-ethyl adjacent to an activating group) is 1. The smallest absolute Gasteiger partial charge is 0.263 e. The zero-order valence-electron chi connectivity index (χ0n) is 13.3. The molecule has 22 heavy (non-hydrogen) atoms. The van der Waals surface area contributed by atoms with Crippen molar-refractivity contribution in [3.05, 3.63) is 42.5 Å². The summed E-state index contributed by atoms with van der Waals surface area (Å²) in [7, 11) is 1.90. The number of carbonyl (C=O) groups is 1. The van der Waals surface area contributed by atoms with Crippen LogP contribution in [0.2, 0.25) is 0 Å². The van der Waals surface area contributed by atoms with Crippen LogP contribution < -0.4 is 4.74 Å². The lowest BCUT2D eigenvalue weighted by Crippen LogP contribution is -2.42. The van der Waals surface area contributed by atoms with E-state index in [9.17, 15) is 4.79 Å². The van der Waals surface area contributed by atoms with Gasteiger partial charge in [-0.2, -0.15) is 0 Å². The van der Waals surface area contributed by atoms with Gasteiger partial charge in [-0.05, 0) is 31.2 Å². The van der Waals surface area contributed by atoms with E-state index in [-0.39, 0.29) is 5.91 Å². The molecule has 0 spiro atoms. The normalized spacial score (nSPS) is 16.6. The minimum absolute atomic E-state index is 0.0693. The summed E-state index contributed by atoms with van der Waals surface area (Å²) in [5, 5.41) is 2.18. The number of ether oxygens (including phenoxy) is 1. The molecule has 0 aliphatic heterocycles. The highest BCUT2D eigenvalue weighted by Gasteiger charge is 2.27. The molecule has 0 radical (unpaired) electrons. The van der Waals surface area contributed by atoms with E-state index in [2.05, 4.69) is 12.1 Å². The molecule has 1 aliphatic rings. The molecule has 0 saturated heterocycles. The quantitative estimate of drug-likeness (QED) is 0.853. The van der Waals surface area contributed by atoms with Gasteiger partial charge in [-0.25, -0.2) is 0 Å². The Morgan fingerprint density at radius 2 is 1.82 bits per heavy atom. The Hall–Kier alpha value is -2.03. The van der Waals surface area contributed by atoms with Crippen LogP contribution in [0, 0.1) is 0 Å². The van der Waals surface area contributed by atoms with Crippen LogP contribution in [-0.4, -0.2) is 30.0 Å². The van der Waals surface area contributed by atoms with Crippen molar-refractivity contribution in [2.24, 2.45) is 0 Å². The van der Waals surface area contributed by atoms with Crippen LogP contribution >= 0.6 is 0 Å². The number of fused-ring (bicyclic) bond motifs is 1. The molecular formula is C19H23NO2. The number of nitrogens with zero attached hydrogens (tertiary/aromatic N) is 1. The maximum atomic E-state index is 12.6. The van der Waals surface area contributed by atoms with Gasteiger partial charge in [0.05, 0.1) is 0 Å². The Balaban J connectivity index is 1.75. The number of rotatable bonds is 4. The van der Waals surface area contributed by atoms with Crippen molar-refractivity contribution >= 4 is 16.7 Å². The van der Waals surface area contributed by atoms with Gasteiger partial charge >= 0.3 is 0 Å². The molecule has 0 N–H and O–H groups in total. The first-order valence-corrected chi connectivity index (χ1v) is 8.08. The van der Waals surface area contributed by atoms with Crippen LogP contribution in [0.1, 0.15) is 32.6 Å². The predicted octanol–water partition coefficient (Wildman–Crippen LogP) is 4.01. The van der Waals surface area contributed by atoms with E-state index in [0.29, 0.717) is 6.04 Å². The average Bonchev–Trinajstić information content (AvgIpc) is 3.08. The number of hydrogen-bond acceptors (Lipinski definition) is 2. The van der Waals surface area contributed by atoms with Gasteiger partial charge in [-0.3, -0.25) is 4.79 Å². The van der Waals surface area contributed by atoms with Gasteiger partial charge in [0.2, 0.25) is 0 Å². The van der Waals surface area contributed by atoms with Gasteiger partial charge in [-0.15, -0.1) is 0 Å². The number of amides is 1. The minimum Gasteiger partial charge on any atom is -0.480 e. The van der Waals surface area contributed by atoms with Crippen molar-refractivity contribution in [3.8, 4) is 5.75 Å². The molecule has 1 amide bonds. The summed E-state index contributed by atoms with van der Waals surface area (Å²) in [4.78, 5) is 14.4. The van der Waals surface area contributed by atoms with E-state index in [1.54, 1.807) is 0 Å². The zero-order chi connectivity index (χ0) is 15.5. The third-order valence-corrected chi connectivity index (χ3v) is 4.62. The first-order chi connectivity index (χ1) is 10.7. The molecule has 1 fully saturated rings. The fourth-order valence-electron chi connectivity index (χ4n) is 3.30. The maximum absolute atomic E-state index is 12.6. The SMILES string of the molecule is CC(Oc1cccc2ccccc12)C(=O)N(C)C1CCCC1. The summed E-state index contributed by atoms with van der Waals surface area (Å²) in [6.45, 7) is 1.84. The van der Waals surface area contributed by atoms with E-state index in [1.165, 1.54) is 12.8 Å². The fourth-order valence-corrected chi connectivity index (χ4v) is 3.30. The Labute approximate surface area is 131 Å².